The van der Waals surface area contributed by atoms with Crippen LogP contribution in [0.3, 0.4) is 0 Å². The summed E-state index contributed by atoms with van der Waals surface area (Å²) in [5.41, 5.74) is 0.831. The van der Waals surface area contributed by atoms with Crippen LogP contribution >= 0.6 is 0 Å². The van der Waals surface area contributed by atoms with E-state index in [4.69, 9.17) is 0 Å². The van der Waals surface area contributed by atoms with Crippen molar-refractivity contribution in [3.8, 4) is 0 Å². The first-order chi connectivity index (χ1) is 7.14. The first-order valence-corrected chi connectivity index (χ1v) is 5.38. The Kier molecular flexibility index (Phi) is 2.59. The van der Waals surface area contributed by atoms with E-state index >= 15 is 0 Å². The van der Waals surface area contributed by atoms with Crippen molar-refractivity contribution >= 4 is 5.82 Å². The number of halogens is 1. The number of hydrogen-bond donors (Lipinski definition) is 1. The second-order valence-electron chi connectivity index (χ2n) is 4.50. The maximum Gasteiger partial charge on any atom is 0.186 e. The molecular formula is C11H16FN3. The van der Waals surface area contributed by atoms with Crippen LogP contribution in [0.4, 0.5) is 10.2 Å². The minimum absolute atomic E-state index is 0.302. The molecule has 1 saturated carbocycles. The van der Waals surface area contributed by atoms with Crippen molar-refractivity contribution in [2.24, 2.45) is 5.41 Å². The van der Waals surface area contributed by atoms with Gasteiger partial charge in [-0.2, -0.15) is 0 Å². The van der Waals surface area contributed by atoms with E-state index in [0.717, 1.165) is 6.54 Å². The van der Waals surface area contributed by atoms with E-state index < -0.39 is 0 Å². The molecule has 1 heterocycles. The minimum atomic E-state index is -0.302. The van der Waals surface area contributed by atoms with E-state index in [0.29, 0.717) is 23.3 Å². The largest absolute Gasteiger partial charge is 0.367 e. The van der Waals surface area contributed by atoms with Crippen LogP contribution in [0.15, 0.2) is 6.33 Å². The number of rotatable bonds is 4. The third kappa shape index (κ3) is 2.25. The summed E-state index contributed by atoms with van der Waals surface area (Å²) in [6.45, 7) is 4.88. The van der Waals surface area contributed by atoms with Crippen molar-refractivity contribution < 1.29 is 4.39 Å². The maximum absolute atomic E-state index is 13.7. The Bertz CT molecular complexity index is 361. The molecule has 3 nitrogen and oxygen atoms in total. The van der Waals surface area contributed by atoms with Gasteiger partial charge >= 0.3 is 0 Å². The van der Waals surface area contributed by atoms with Gasteiger partial charge in [0.1, 0.15) is 6.33 Å². The average molecular weight is 209 g/mol. The van der Waals surface area contributed by atoms with E-state index in [1.807, 2.05) is 6.92 Å². The Morgan fingerprint density at radius 1 is 1.47 bits per heavy atom. The topological polar surface area (TPSA) is 37.8 Å². The summed E-state index contributed by atoms with van der Waals surface area (Å²) in [4.78, 5) is 7.81. The first kappa shape index (κ1) is 10.3. The molecule has 1 aliphatic carbocycles. The molecular weight excluding hydrogens is 193 g/mol. The highest BCUT2D eigenvalue weighted by atomic mass is 19.1. The van der Waals surface area contributed by atoms with Crippen molar-refractivity contribution in [3.05, 3.63) is 17.8 Å². The number of nitrogens with one attached hydrogen (secondary N) is 1. The van der Waals surface area contributed by atoms with Gasteiger partial charge in [0, 0.05) is 6.54 Å². The van der Waals surface area contributed by atoms with E-state index in [9.17, 15) is 4.39 Å². The molecule has 0 aromatic carbocycles. The molecule has 1 aromatic rings. The van der Waals surface area contributed by atoms with Crippen molar-refractivity contribution in [1.82, 2.24) is 9.97 Å². The number of anilines is 1. The quantitative estimate of drug-likeness (QED) is 0.827. The van der Waals surface area contributed by atoms with Gasteiger partial charge in [-0.1, -0.05) is 13.8 Å². The Morgan fingerprint density at radius 2 is 2.20 bits per heavy atom. The summed E-state index contributed by atoms with van der Waals surface area (Å²) < 4.78 is 13.7. The lowest BCUT2D eigenvalue weighted by Gasteiger charge is -2.11. The van der Waals surface area contributed by atoms with Crippen LogP contribution in [0, 0.1) is 11.2 Å². The van der Waals surface area contributed by atoms with Crippen molar-refractivity contribution in [1.29, 1.82) is 0 Å². The predicted molar refractivity (Wildman–Crippen MR) is 57.2 cm³/mol. The number of aromatic nitrogens is 2. The summed E-state index contributed by atoms with van der Waals surface area (Å²) in [5, 5.41) is 3.06. The van der Waals surface area contributed by atoms with Crippen LogP contribution < -0.4 is 5.32 Å². The fraction of sp³-hybridized carbons (Fsp3) is 0.636. The highest BCUT2D eigenvalue weighted by Crippen LogP contribution is 2.44. The van der Waals surface area contributed by atoms with Crippen LogP contribution in [-0.2, 0) is 6.42 Å². The first-order valence-electron chi connectivity index (χ1n) is 5.38. The Hall–Kier alpha value is -1.19. The molecule has 0 spiro atoms. The van der Waals surface area contributed by atoms with E-state index in [1.165, 1.54) is 19.2 Å². The van der Waals surface area contributed by atoms with Crippen LogP contribution in [0.25, 0.3) is 0 Å². The zero-order valence-corrected chi connectivity index (χ0v) is 9.18. The molecule has 15 heavy (non-hydrogen) atoms. The SMILES string of the molecule is CCc1ncnc(NCC2(C)CC2)c1F. The molecule has 0 aliphatic heterocycles. The summed E-state index contributed by atoms with van der Waals surface area (Å²) in [6, 6.07) is 0. The predicted octanol–water partition coefficient (Wildman–Crippen LogP) is 2.39. The van der Waals surface area contributed by atoms with E-state index in [2.05, 4.69) is 22.2 Å². The summed E-state index contributed by atoms with van der Waals surface area (Å²) in [6.07, 6.45) is 4.44. The van der Waals surface area contributed by atoms with Crippen molar-refractivity contribution in [3.63, 3.8) is 0 Å². The van der Waals surface area contributed by atoms with Gasteiger partial charge in [0.15, 0.2) is 11.6 Å². The summed E-state index contributed by atoms with van der Waals surface area (Å²) in [7, 11) is 0. The molecule has 1 aliphatic rings. The Labute approximate surface area is 89.1 Å². The van der Waals surface area contributed by atoms with Crippen LogP contribution in [0.2, 0.25) is 0 Å². The van der Waals surface area contributed by atoms with E-state index in [1.54, 1.807) is 0 Å². The Balaban J connectivity index is 2.07. The lowest BCUT2D eigenvalue weighted by atomic mass is 10.1. The molecule has 0 amide bonds. The van der Waals surface area contributed by atoms with Crippen LogP contribution in [-0.4, -0.2) is 16.5 Å². The molecule has 1 fully saturated rings. The monoisotopic (exact) mass is 209 g/mol. The van der Waals surface area contributed by atoms with Gasteiger partial charge in [0.05, 0.1) is 5.69 Å². The lowest BCUT2D eigenvalue weighted by molar-refractivity contribution is 0.579. The summed E-state index contributed by atoms with van der Waals surface area (Å²) in [5.74, 6) is 0.0409. The van der Waals surface area contributed by atoms with Gasteiger partial charge in [-0.3, -0.25) is 0 Å². The molecule has 1 aromatic heterocycles. The zero-order chi connectivity index (χ0) is 10.9. The maximum atomic E-state index is 13.7. The van der Waals surface area contributed by atoms with Crippen LogP contribution in [0.5, 0.6) is 0 Å². The normalized spacial score (nSPS) is 17.5. The van der Waals surface area contributed by atoms with Gasteiger partial charge in [0.2, 0.25) is 0 Å². The number of aryl methyl sites for hydroxylation is 1. The molecule has 0 bridgehead atoms. The second kappa shape index (κ2) is 3.76. The highest BCUT2D eigenvalue weighted by molar-refractivity contribution is 5.37. The van der Waals surface area contributed by atoms with Crippen LogP contribution in [0.1, 0.15) is 32.4 Å². The zero-order valence-electron chi connectivity index (χ0n) is 9.18. The fourth-order valence-electron chi connectivity index (χ4n) is 1.46. The van der Waals surface area contributed by atoms with Crippen molar-refractivity contribution in [2.75, 3.05) is 11.9 Å². The standard InChI is InChI=1S/C11H16FN3/c1-3-8-9(12)10(15-7-14-8)13-6-11(2)4-5-11/h7H,3-6H2,1-2H3,(H,13,14,15). The molecule has 0 atom stereocenters. The van der Waals surface area contributed by atoms with Gasteiger partial charge in [-0.25, -0.2) is 14.4 Å². The molecule has 0 unspecified atom stereocenters. The summed E-state index contributed by atoms with van der Waals surface area (Å²) >= 11 is 0. The molecule has 1 N–H and O–H groups in total. The van der Waals surface area contributed by atoms with Gasteiger partial charge in [-0.05, 0) is 24.7 Å². The van der Waals surface area contributed by atoms with E-state index in [-0.39, 0.29) is 5.82 Å². The second-order valence-corrected chi connectivity index (χ2v) is 4.50. The highest BCUT2D eigenvalue weighted by Gasteiger charge is 2.37. The molecule has 4 heteroatoms. The Morgan fingerprint density at radius 3 is 2.80 bits per heavy atom. The number of nitrogens with zero attached hydrogens (tertiary/aromatic N) is 2. The van der Waals surface area contributed by atoms with Gasteiger partial charge < -0.3 is 5.32 Å². The lowest BCUT2D eigenvalue weighted by Crippen LogP contribution is -2.14. The number of hydrogen-bond acceptors (Lipinski definition) is 3. The molecule has 0 radical (unpaired) electrons. The van der Waals surface area contributed by atoms with Gasteiger partial charge in [0.25, 0.3) is 0 Å². The molecule has 82 valence electrons. The van der Waals surface area contributed by atoms with Crippen molar-refractivity contribution in [2.45, 2.75) is 33.1 Å². The smallest absolute Gasteiger partial charge is 0.186 e. The minimum Gasteiger partial charge on any atom is -0.367 e. The molecule has 0 saturated heterocycles. The average Bonchev–Trinajstić information content (AvgIpc) is 2.96. The van der Waals surface area contributed by atoms with Gasteiger partial charge in [-0.15, -0.1) is 0 Å². The third-order valence-electron chi connectivity index (χ3n) is 2.98. The third-order valence-corrected chi connectivity index (χ3v) is 2.98. The molecule has 2 rings (SSSR count). The fourth-order valence-corrected chi connectivity index (χ4v) is 1.46.